The monoisotopic (exact) mass is 452 g/mol. The predicted molar refractivity (Wildman–Crippen MR) is 137 cm³/mol. The molecule has 0 aliphatic carbocycles. The molecule has 2 N–H and O–H groups in total. The average Bonchev–Trinajstić information content (AvgIpc) is 2.88. The Morgan fingerprint density at radius 1 is 0.941 bits per heavy atom. The number of anilines is 2. The largest absolute Gasteiger partial charge is 0.364 e. The Kier molecular flexibility index (Phi) is 6.40. The molecule has 1 fully saturated rings. The van der Waals surface area contributed by atoms with E-state index < -0.39 is 0 Å². The lowest BCUT2D eigenvalue weighted by Crippen LogP contribution is -2.45. The van der Waals surface area contributed by atoms with Gasteiger partial charge in [-0.15, -0.1) is 0 Å². The van der Waals surface area contributed by atoms with Crippen molar-refractivity contribution >= 4 is 28.3 Å². The van der Waals surface area contributed by atoms with Gasteiger partial charge in [0.1, 0.15) is 11.3 Å². The van der Waals surface area contributed by atoms with E-state index in [4.69, 9.17) is 20.4 Å². The summed E-state index contributed by atoms with van der Waals surface area (Å²) in [5.41, 5.74) is 3.44. The molecule has 0 radical (unpaired) electrons. The Balaban J connectivity index is 1.49. The van der Waals surface area contributed by atoms with Crippen LogP contribution in [0.2, 0.25) is 0 Å². The first kappa shape index (κ1) is 21.9. The molecule has 8 nitrogen and oxygen atoms in total. The van der Waals surface area contributed by atoms with Gasteiger partial charge in [0.25, 0.3) is 0 Å². The number of hydrogen-bond donors (Lipinski definition) is 2. The van der Waals surface area contributed by atoms with Crippen LogP contribution in [0.25, 0.3) is 22.3 Å². The summed E-state index contributed by atoms with van der Waals surface area (Å²) in [5.74, 6) is 2.22. The second kappa shape index (κ2) is 9.93. The smallest absolute Gasteiger partial charge is 0.162 e. The molecule has 4 heterocycles. The molecule has 5 rings (SSSR count). The molecule has 1 saturated heterocycles. The lowest BCUT2D eigenvalue weighted by atomic mass is 10.1. The fraction of sp³-hybridized carbons (Fsp3) is 0.269. The highest BCUT2D eigenvalue weighted by Gasteiger charge is 2.20. The SMILES string of the molecule is CN1CCN(c2nccc3c(NCC(=N)Cc4ccccc4)nc(-c4ccncc4)nc23)CC1. The van der Waals surface area contributed by atoms with Crippen molar-refractivity contribution in [2.75, 3.05) is 50.0 Å². The highest BCUT2D eigenvalue weighted by molar-refractivity contribution is 5.98. The maximum atomic E-state index is 8.48. The van der Waals surface area contributed by atoms with Crippen LogP contribution in [0.15, 0.2) is 67.1 Å². The van der Waals surface area contributed by atoms with Crippen LogP contribution in [0.5, 0.6) is 0 Å². The fourth-order valence-electron chi connectivity index (χ4n) is 4.15. The number of nitrogens with one attached hydrogen (secondary N) is 2. The molecule has 1 aromatic carbocycles. The van der Waals surface area contributed by atoms with Crippen molar-refractivity contribution in [1.29, 1.82) is 5.41 Å². The van der Waals surface area contributed by atoms with Gasteiger partial charge in [0.15, 0.2) is 11.6 Å². The Hall–Kier alpha value is -3.91. The highest BCUT2D eigenvalue weighted by atomic mass is 15.3. The standard InChI is InChI=1S/C26H28N8/c1-33-13-15-34(16-14-33)26-23-22(9-12-29-26)25(32-24(31-23)20-7-10-28-11-8-20)30-18-21(27)17-19-5-3-2-4-6-19/h2-12,27H,13-18H2,1H3,(H,30,31,32). The topological polar surface area (TPSA) is 93.9 Å². The van der Waals surface area contributed by atoms with Gasteiger partial charge in [0.05, 0.1) is 6.54 Å². The average molecular weight is 453 g/mol. The Morgan fingerprint density at radius 2 is 1.71 bits per heavy atom. The summed E-state index contributed by atoms with van der Waals surface area (Å²) >= 11 is 0. The van der Waals surface area contributed by atoms with E-state index in [1.807, 2.05) is 54.7 Å². The maximum absolute atomic E-state index is 8.48. The molecule has 4 aromatic rings. The van der Waals surface area contributed by atoms with E-state index in [0.29, 0.717) is 30.3 Å². The number of benzene rings is 1. The van der Waals surface area contributed by atoms with Crippen LogP contribution in [0.4, 0.5) is 11.6 Å². The maximum Gasteiger partial charge on any atom is 0.162 e. The molecule has 34 heavy (non-hydrogen) atoms. The predicted octanol–water partition coefficient (Wildman–Crippen LogP) is 3.51. The molecule has 8 heteroatoms. The lowest BCUT2D eigenvalue weighted by molar-refractivity contribution is 0.312. The van der Waals surface area contributed by atoms with E-state index in [-0.39, 0.29) is 0 Å². The second-order valence-corrected chi connectivity index (χ2v) is 8.57. The lowest BCUT2D eigenvalue weighted by Gasteiger charge is -2.33. The third-order valence-electron chi connectivity index (χ3n) is 6.07. The summed E-state index contributed by atoms with van der Waals surface area (Å²) in [7, 11) is 2.14. The number of rotatable bonds is 7. The van der Waals surface area contributed by atoms with E-state index in [9.17, 15) is 0 Å². The number of fused-ring (bicyclic) bond motifs is 1. The minimum absolute atomic E-state index is 0.406. The van der Waals surface area contributed by atoms with Crippen LogP contribution in [0.1, 0.15) is 5.56 Å². The second-order valence-electron chi connectivity index (χ2n) is 8.57. The third kappa shape index (κ3) is 4.87. The van der Waals surface area contributed by atoms with E-state index in [2.05, 4.69) is 27.1 Å². The molecule has 3 aromatic heterocycles. The van der Waals surface area contributed by atoms with Crippen molar-refractivity contribution in [3.63, 3.8) is 0 Å². The molecule has 0 amide bonds. The van der Waals surface area contributed by atoms with E-state index in [1.54, 1.807) is 12.4 Å². The summed E-state index contributed by atoms with van der Waals surface area (Å²) in [4.78, 5) is 23.3. The van der Waals surface area contributed by atoms with Gasteiger partial charge in [-0.3, -0.25) is 4.98 Å². The number of nitrogens with zero attached hydrogens (tertiary/aromatic N) is 6. The first-order valence-corrected chi connectivity index (χ1v) is 11.5. The van der Waals surface area contributed by atoms with Crippen LogP contribution in [-0.2, 0) is 6.42 Å². The van der Waals surface area contributed by atoms with Crippen LogP contribution in [0, 0.1) is 5.41 Å². The molecule has 0 atom stereocenters. The zero-order valence-electron chi connectivity index (χ0n) is 19.3. The van der Waals surface area contributed by atoms with Crippen molar-refractivity contribution in [1.82, 2.24) is 24.8 Å². The number of aromatic nitrogens is 4. The Labute approximate surface area is 199 Å². The summed E-state index contributed by atoms with van der Waals surface area (Å²) < 4.78 is 0. The summed E-state index contributed by atoms with van der Waals surface area (Å²) in [6.45, 7) is 4.19. The van der Waals surface area contributed by atoms with E-state index in [1.165, 1.54) is 0 Å². The van der Waals surface area contributed by atoms with Crippen molar-refractivity contribution in [3.8, 4) is 11.4 Å². The summed E-state index contributed by atoms with van der Waals surface area (Å²) in [6, 6.07) is 15.9. The van der Waals surface area contributed by atoms with Gasteiger partial charge in [-0.25, -0.2) is 15.0 Å². The third-order valence-corrected chi connectivity index (χ3v) is 6.07. The highest BCUT2D eigenvalue weighted by Crippen LogP contribution is 2.30. The minimum atomic E-state index is 0.406. The van der Waals surface area contributed by atoms with Gasteiger partial charge < -0.3 is 20.5 Å². The van der Waals surface area contributed by atoms with Gasteiger partial charge in [-0.2, -0.15) is 0 Å². The van der Waals surface area contributed by atoms with Gasteiger partial charge in [0.2, 0.25) is 0 Å². The first-order chi connectivity index (χ1) is 16.7. The van der Waals surface area contributed by atoms with Crippen LogP contribution in [-0.4, -0.2) is 70.3 Å². The van der Waals surface area contributed by atoms with E-state index in [0.717, 1.165) is 54.0 Å². The summed E-state index contributed by atoms with van der Waals surface area (Å²) in [5, 5.41) is 12.8. The molecular weight excluding hydrogens is 424 g/mol. The molecule has 0 saturated carbocycles. The quantitative estimate of drug-likeness (QED) is 0.415. The van der Waals surface area contributed by atoms with Gasteiger partial charge >= 0.3 is 0 Å². The molecule has 0 unspecified atom stereocenters. The molecule has 172 valence electrons. The van der Waals surface area contributed by atoms with Crippen molar-refractivity contribution in [2.24, 2.45) is 0 Å². The fourth-order valence-corrected chi connectivity index (χ4v) is 4.15. The van der Waals surface area contributed by atoms with Gasteiger partial charge in [0, 0.05) is 67.9 Å². The van der Waals surface area contributed by atoms with E-state index >= 15 is 0 Å². The van der Waals surface area contributed by atoms with Crippen molar-refractivity contribution in [2.45, 2.75) is 6.42 Å². The molecule has 0 bridgehead atoms. The Morgan fingerprint density at radius 3 is 2.47 bits per heavy atom. The van der Waals surface area contributed by atoms with Crippen LogP contribution in [0.3, 0.4) is 0 Å². The zero-order chi connectivity index (χ0) is 23.3. The Bertz CT molecular complexity index is 1270. The van der Waals surface area contributed by atoms with Crippen molar-refractivity contribution in [3.05, 3.63) is 72.7 Å². The molecule has 0 spiro atoms. The van der Waals surface area contributed by atoms with Crippen LogP contribution >= 0.6 is 0 Å². The number of hydrogen-bond acceptors (Lipinski definition) is 8. The molecule has 1 aliphatic heterocycles. The van der Waals surface area contributed by atoms with Crippen molar-refractivity contribution < 1.29 is 0 Å². The molecule has 1 aliphatic rings. The number of pyridine rings is 2. The minimum Gasteiger partial charge on any atom is -0.364 e. The molecular formula is C26H28N8. The number of likely N-dealkylation sites (N-methyl/N-ethyl adjacent to an activating group) is 1. The number of piperazine rings is 1. The zero-order valence-corrected chi connectivity index (χ0v) is 19.3. The van der Waals surface area contributed by atoms with Crippen LogP contribution < -0.4 is 10.2 Å². The van der Waals surface area contributed by atoms with Gasteiger partial charge in [-0.1, -0.05) is 30.3 Å². The van der Waals surface area contributed by atoms with Gasteiger partial charge in [-0.05, 0) is 30.8 Å². The first-order valence-electron chi connectivity index (χ1n) is 11.5. The summed E-state index contributed by atoms with van der Waals surface area (Å²) in [6.07, 6.45) is 5.92. The normalized spacial score (nSPS) is 14.3.